The van der Waals surface area contributed by atoms with E-state index in [-0.39, 0.29) is 11.2 Å². The van der Waals surface area contributed by atoms with Gasteiger partial charge in [-0.3, -0.25) is 0 Å². The minimum absolute atomic E-state index is 0.00959. The van der Waals surface area contributed by atoms with Crippen LogP contribution in [0.25, 0.3) is 16.5 Å². The summed E-state index contributed by atoms with van der Waals surface area (Å²) < 4.78 is 2.51. The lowest BCUT2D eigenvalue weighted by atomic mass is 9.78. The fourth-order valence-electron chi connectivity index (χ4n) is 5.00. The molecule has 0 amide bonds. The number of phenolic OH excluding ortho intramolecular Hbond substituents is 1. The van der Waals surface area contributed by atoms with Gasteiger partial charge in [-0.2, -0.15) is 0 Å². The summed E-state index contributed by atoms with van der Waals surface area (Å²) in [4.78, 5) is 0. The molecule has 0 saturated heterocycles. The highest BCUT2D eigenvalue weighted by Gasteiger charge is 2.45. The van der Waals surface area contributed by atoms with Crippen molar-refractivity contribution in [3.8, 4) is 5.75 Å². The van der Waals surface area contributed by atoms with Crippen molar-refractivity contribution in [2.75, 3.05) is 0 Å². The van der Waals surface area contributed by atoms with Crippen molar-refractivity contribution in [2.24, 2.45) is 5.41 Å². The molecule has 0 fully saturated rings. The molecule has 150 valence electrons. The van der Waals surface area contributed by atoms with Crippen molar-refractivity contribution in [2.45, 2.75) is 33.2 Å². The third-order valence-electron chi connectivity index (χ3n) is 6.42. The molecule has 2 heteroatoms. The fourth-order valence-corrected chi connectivity index (χ4v) is 5.00. The summed E-state index contributed by atoms with van der Waals surface area (Å²) in [6.07, 6.45) is 2.45. The summed E-state index contributed by atoms with van der Waals surface area (Å²) in [6, 6.07) is 27.1. The number of rotatable bonds is 2. The van der Waals surface area contributed by atoms with E-state index in [0.29, 0.717) is 0 Å². The highest BCUT2D eigenvalue weighted by molar-refractivity contribution is 5.94. The van der Waals surface area contributed by atoms with Crippen LogP contribution in [0.4, 0.5) is 0 Å². The largest absolute Gasteiger partial charge is 0.508 e. The quantitative estimate of drug-likeness (QED) is 0.394. The maximum absolute atomic E-state index is 9.98. The monoisotopic (exact) mass is 393 g/mol. The molecular formula is C28H27NO. The van der Waals surface area contributed by atoms with Gasteiger partial charge < -0.3 is 9.67 Å². The number of aromatic nitrogens is 1. The zero-order valence-electron chi connectivity index (χ0n) is 18.0. The van der Waals surface area contributed by atoms with Crippen molar-refractivity contribution in [1.82, 2.24) is 4.57 Å². The molecule has 4 aromatic rings. The van der Waals surface area contributed by atoms with E-state index in [1.165, 1.54) is 33.3 Å². The van der Waals surface area contributed by atoms with Gasteiger partial charge in [-0.05, 0) is 58.9 Å². The average molecular weight is 394 g/mol. The van der Waals surface area contributed by atoms with Crippen LogP contribution in [-0.2, 0) is 5.54 Å². The number of fused-ring (bicyclic) bond motifs is 3. The second kappa shape index (κ2) is 6.37. The zero-order chi connectivity index (χ0) is 21.1. The first kappa shape index (κ1) is 18.7. The van der Waals surface area contributed by atoms with Gasteiger partial charge in [-0.15, -0.1) is 0 Å². The van der Waals surface area contributed by atoms with E-state index in [0.717, 1.165) is 5.56 Å². The van der Waals surface area contributed by atoms with Gasteiger partial charge in [0.15, 0.2) is 0 Å². The van der Waals surface area contributed by atoms with E-state index in [1.807, 2.05) is 0 Å². The summed E-state index contributed by atoms with van der Waals surface area (Å²) in [7, 11) is 0. The lowest BCUT2D eigenvalue weighted by molar-refractivity contribution is 0.474. The number of benzene rings is 3. The fraction of sp³-hybridized carbons (Fsp3) is 0.214. The summed E-state index contributed by atoms with van der Waals surface area (Å²) in [5.74, 6) is 0.286. The second-order valence-electron chi connectivity index (χ2n) is 9.31. The molecule has 1 atom stereocenters. The van der Waals surface area contributed by atoms with Crippen LogP contribution in [0.3, 0.4) is 0 Å². The molecule has 1 aliphatic heterocycles. The number of phenols is 1. The summed E-state index contributed by atoms with van der Waals surface area (Å²) in [5.41, 5.74) is 7.10. The predicted molar refractivity (Wildman–Crippen MR) is 125 cm³/mol. The van der Waals surface area contributed by atoms with Crippen LogP contribution >= 0.6 is 0 Å². The average Bonchev–Trinajstić information content (AvgIpc) is 3.25. The van der Waals surface area contributed by atoms with Gasteiger partial charge in [0.25, 0.3) is 0 Å². The molecule has 1 aromatic heterocycles. The SMILES string of the molecule is Cc1c2n(c3ccccc13)C(c1ccccc1)(c1ccc(O)cc1)C=C2C(C)(C)C. The molecule has 2 nitrogen and oxygen atoms in total. The van der Waals surface area contributed by atoms with E-state index in [4.69, 9.17) is 0 Å². The van der Waals surface area contributed by atoms with Crippen LogP contribution in [-0.4, -0.2) is 9.67 Å². The number of aryl methyl sites for hydroxylation is 1. The molecule has 0 radical (unpaired) electrons. The van der Waals surface area contributed by atoms with Crippen LogP contribution in [0.15, 0.2) is 84.9 Å². The highest BCUT2D eigenvalue weighted by Crippen LogP contribution is 2.53. The van der Waals surface area contributed by atoms with Gasteiger partial charge in [0.1, 0.15) is 11.3 Å². The van der Waals surface area contributed by atoms with E-state index < -0.39 is 5.54 Å². The number of nitrogens with zero attached hydrogens (tertiary/aromatic N) is 1. The van der Waals surface area contributed by atoms with Crippen LogP contribution in [0.2, 0.25) is 0 Å². The Hall–Kier alpha value is -3.26. The molecule has 0 saturated carbocycles. The number of hydrogen-bond acceptors (Lipinski definition) is 1. The Morgan fingerprint density at radius 2 is 1.37 bits per heavy atom. The van der Waals surface area contributed by atoms with Crippen LogP contribution in [0, 0.1) is 12.3 Å². The highest BCUT2D eigenvalue weighted by atomic mass is 16.3. The third-order valence-corrected chi connectivity index (χ3v) is 6.42. The van der Waals surface area contributed by atoms with Gasteiger partial charge in [-0.1, -0.05) is 81.4 Å². The van der Waals surface area contributed by atoms with E-state index >= 15 is 0 Å². The van der Waals surface area contributed by atoms with Crippen LogP contribution < -0.4 is 0 Å². The lowest BCUT2D eigenvalue weighted by Crippen LogP contribution is -2.32. The molecule has 1 unspecified atom stereocenters. The molecule has 30 heavy (non-hydrogen) atoms. The van der Waals surface area contributed by atoms with Gasteiger partial charge in [0.05, 0.1) is 5.52 Å². The minimum atomic E-state index is -0.471. The smallest absolute Gasteiger partial charge is 0.115 e. The van der Waals surface area contributed by atoms with E-state index in [1.54, 1.807) is 12.1 Å². The van der Waals surface area contributed by atoms with E-state index in [2.05, 4.69) is 105 Å². The van der Waals surface area contributed by atoms with Crippen LogP contribution in [0.5, 0.6) is 5.75 Å². The zero-order valence-corrected chi connectivity index (χ0v) is 18.0. The first-order valence-electron chi connectivity index (χ1n) is 10.5. The van der Waals surface area contributed by atoms with Gasteiger partial charge in [-0.25, -0.2) is 0 Å². The normalized spacial score (nSPS) is 18.5. The van der Waals surface area contributed by atoms with Crippen molar-refractivity contribution in [1.29, 1.82) is 0 Å². The van der Waals surface area contributed by atoms with Gasteiger partial charge in [0.2, 0.25) is 0 Å². The number of hydrogen-bond donors (Lipinski definition) is 1. The molecule has 0 aliphatic carbocycles. The van der Waals surface area contributed by atoms with Gasteiger partial charge in [0, 0.05) is 11.1 Å². The number of aromatic hydroxyl groups is 1. The summed E-state index contributed by atoms with van der Waals surface area (Å²) in [5, 5.41) is 11.3. The maximum atomic E-state index is 9.98. The lowest BCUT2D eigenvalue weighted by Gasteiger charge is -2.33. The Labute approximate surface area is 178 Å². The van der Waals surface area contributed by atoms with Crippen molar-refractivity contribution in [3.63, 3.8) is 0 Å². The van der Waals surface area contributed by atoms with Crippen LogP contribution in [0.1, 0.15) is 43.2 Å². The molecule has 3 aromatic carbocycles. The maximum Gasteiger partial charge on any atom is 0.115 e. The first-order chi connectivity index (χ1) is 14.3. The van der Waals surface area contributed by atoms with Crippen molar-refractivity contribution < 1.29 is 5.11 Å². The summed E-state index contributed by atoms with van der Waals surface area (Å²) in [6.45, 7) is 9.11. The Bertz CT molecular complexity index is 1270. The Morgan fingerprint density at radius 3 is 2.03 bits per heavy atom. The molecular weight excluding hydrogens is 366 g/mol. The molecule has 0 spiro atoms. The molecule has 1 aliphatic rings. The molecule has 5 rings (SSSR count). The first-order valence-corrected chi connectivity index (χ1v) is 10.5. The third kappa shape index (κ3) is 2.50. The Balaban J connectivity index is 1.99. The number of allylic oxidation sites excluding steroid dienone is 2. The summed E-state index contributed by atoms with van der Waals surface area (Å²) >= 11 is 0. The second-order valence-corrected chi connectivity index (χ2v) is 9.31. The molecule has 0 bridgehead atoms. The minimum Gasteiger partial charge on any atom is -0.508 e. The molecule has 1 N–H and O–H groups in total. The Kier molecular flexibility index (Phi) is 3.98. The standard InChI is InChI=1S/C28H27NO/c1-19-23-12-8-9-13-25(23)29-26(19)24(27(2,3)4)18-28(29,20-10-6-5-7-11-20)21-14-16-22(30)17-15-21/h5-18,30H,1-4H3. The topological polar surface area (TPSA) is 25.2 Å². The Morgan fingerprint density at radius 1 is 0.767 bits per heavy atom. The van der Waals surface area contributed by atoms with Crippen molar-refractivity contribution >= 4 is 16.5 Å². The van der Waals surface area contributed by atoms with Gasteiger partial charge >= 0.3 is 0 Å². The van der Waals surface area contributed by atoms with E-state index in [9.17, 15) is 5.11 Å². The predicted octanol–water partition coefficient (Wildman–Crippen LogP) is 6.89. The van der Waals surface area contributed by atoms with Crippen molar-refractivity contribution in [3.05, 3.63) is 107 Å². The number of para-hydroxylation sites is 1. The molecule has 2 heterocycles.